The summed E-state index contributed by atoms with van der Waals surface area (Å²) < 4.78 is 34.4. The van der Waals surface area contributed by atoms with E-state index in [1.54, 1.807) is 0 Å². The van der Waals surface area contributed by atoms with Crippen LogP contribution in [0.25, 0.3) is 0 Å². The minimum atomic E-state index is -4.15. The summed E-state index contributed by atoms with van der Waals surface area (Å²) in [5.41, 5.74) is 0. The highest BCUT2D eigenvalue weighted by molar-refractivity contribution is 7.99. The number of halogens is 3. The second-order valence-corrected chi connectivity index (χ2v) is 3.17. The lowest BCUT2D eigenvalue weighted by Gasteiger charge is -1.96. The Morgan fingerprint density at radius 2 is 2.00 bits per heavy atom. The van der Waals surface area contributed by atoms with Crippen molar-refractivity contribution in [2.24, 2.45) is 0 Å². The van der Waals surface area contributed by atoms with Gasteiger partial charge in [-0.2, -0.15) is 24.9 Å². The van der Waals surface area contributed by atoms with Crippen LogP contribution in [-0.2, 0) is 0 Å². The van der Waals surface area contributed by atoms with Gasteiger partial charge in [-0.15, -0.1) is 0 Å². The molecule has 0 aromatic rings. The zero-order chi connectivity index (χ0) is 8.74. The predicted octanol–water partition coefficient (Wildman–Crippen LogP) is 3.25. The SMILES string of the molecule is CCCSC/C=C/C(F)(F)F. The lowest BCUT2D eigenvalue weighted by molar-refractivity contribution is -0.0799. The van der Waals surface area contributed by atoms with E-state index < -0.39 is 6.18 Å². The molecule has 0 aromatic carbocycles. The molecule has 0 saturated carbocycles. The molecule has 11 heavy (non-hydrogen) atoms. The fourth-order valence-electron chi connectivity index (χ4n) is 0.477. The second-order valence-electron chi connectivity index (χ2n) is 2.02. The summed E-state index contributed by atoms with van der Waals surface area (Å²) >= 11 is 1.51. The molecule has 0 bridgehead atoms. The Morgan fingerprint density at radius 3 is 2.45 bits per heavy atom. The van der Waals surface area contributed by atoms with Crippen LogP contribution in [0.3, 0.4) is 0 Å². The molecule has 0 spiro atoms. The van der Waals surface area contributed by atoms with Crippen LogP contribution < -0.4 is 0 Å². The number of alkyl halides is 3. The first-order valence-corrected chi connectivity index (χ1v) is 4.54. The van der Waals surface area contributed by atoms with Gasteiger partial charge in [0.05, 0.1) is 0 Å². The third kappa shape index (κ3) is 9.88. The maximum atomic E-state index is 11.5. The van der Waals surface area contributed by atoms with Crippen molar-refractivity contribution < 1.29 is 13.2 Å². The van der Waals surface area contributed by atoms with Crippen LogP contribution in [0.15, 0.2) is 12.2 Å². The molecular weight excluding hydrogens is 173 g/mol. The van der Waals surface area contributed by atoms with Crippen molar-refractivity contribution in [1.29, 1.82) is 0 Å². The molecule has 0 unspecified atom stereocenters. The van der Waals surface area contributed by atoms with Gasteiger partial charge < -0.3 is 0 Å². The van der Waals surface area contributed by atoms with E-state index in [1.807, 2.05) is 6.92 Å². The van der Waals surface area contributed by atoms with Gasteiger partial charge in [0.15, 0.2) is 0 Å². The lowest BCUT2D eigenvalue weighted by Crippen LogP contribution is -2.00. The molecule has 0 fully saturated rings. The fraction of sp³-hybridized carbons (Fsp3) is 0.714. The van der Waals surface area contributed by atoms with Crippen LogP contribution in [0.1, 0.15) is 13.3 Å². The number of hydrogen-bond donors (Lipinski definition) is 0. The first-order valence-electron chi connectivity index (χ1n) is 3.38. The maximum absolute atomic E-state index is 11.5. The van der Waals surface area contributed by atoms with Crippen LogP contribution in [0.4, 0.5) is 13.2 Å². The van der Waals surface area contributed by atoms with Gasteiger partial charge in [-0.1, -0.05) is 13.0 Å². The molecule has 0 heterocycles. The third-order valence-electron chi connectivity index (χ3n) is 0.869. The van der Waals surface area contributed by atoms with Gasteiger partial charge in [-0.3, -0.25) is 0 Å². The van der Waals surface area contributed by atoms with Crippen LogP contribution in [0.2, 0.25) is 0 Å². The Morgan fingerprint density at radius 1 is 1.36 bits per heavy atom. The van der Waals surface area contributed by atoms with Gasteiger partial charge in [0.2, 0.25) is 0 Å². The molecule has 0 aromatic heterocycles. The van der Waals surface area contributed by atoms with Crippen molar-refractivity contribution in [3.05, 3.63) is 12.2 Å². The fourth-order valence-corrected chi connectivity index (χ4v) is 1.17. The third-order valence-corrected chi connectivity index (χ3v) is 1.99. The van der Waals surface area contributed by atoms with Crippen LogP contribution in [-0.4, -0.2) is 17.7 Å². The summed E-state index contributed by atoms with van der Waals surface area (Å²) in [6.45, 7) is 2.00. The minimum absolute atomic E-state index is 0.287. The lowest BCUT2D eigenvalue weighted by atomic mass is 10.5. The Kier molecular flexibility index (Phi) is 5.46. The molecular formula is C7H11F3S. The van der Waals surface area contributed by atoms with Gasteiger partial charge in [0, 0.05) is 11.8 Å². The summed E-state index contributed by atoms with van der Waals surface area (Å²) in [6.07, 6.45) is -1.70. The number of rotatable bonds is 4. The van der Waals surface area contributed by atoms with Gasteiger partial charge >= 0.3 is 6.18 Å². The van der Waals surface area contributed by atoms with Crippen molar-refractivity contribution in [3.63, 3.8) is 0 Å². The number of thioether (sulfide) groups is 1. The van der Waals surface area contributed by atoms with E-state index in [2.05, 4.69) is 0 Å². The highest BCUT2D eigenvalue weighted by Gasteiger charge is 2.21. The Balaban J connectivity index is 3.30. The van der Waals surface area contributed by atoms with E-state index in [0.29, 0.717) is 5.75 Å². The summed E-state index contributed by atoms with van der Waals surface area (Å²) in [5.74, 6) is 1.37. The minimum Gasteiger partial charge on any atom is -0.167 e. The summed E-state index contributed by atoms with van der Waals surface area (Å²) in [6, 6.07) is 0. The molecule has 0 nitrogen and oxygen atoms in total. The normalized spacial score (nSPS) is 12.7. The molecule has 0 aliphatic rings. The predicted molar refractivity (Wildman–Crippen MR) is 42.8 cm³/mol. The van der Waals surface area contributed by atoms with Crippen molar-refractivity contribution in [1.82, 2.24) is 0 Å². The van der Waals surface area contributed by atoms with E-state index >= 15 is 0 Å². The van der Waals surface area contributed by atoms with E-state index in [4.69, 9.17) is 0 Å². The van der Waals surface area contributed by atoms with E-state index in [1.165, 1.54) is 11.8 Å². The van der Waals surface area contributed by atoms with Gasteiger partial charge in [0.1, 0.15) is 0 Å². The molecule has 4 heteroatoms. The van der Waals surface area contributed by atoms with E-state index in [-0.39, 0.29) is 6.08 Å². The molecule has 0 radical (unpaired) electrons. The topological polar surface area (TPSA) is 0 Å². The molecule has 0 atom stereocenters. The van der Waals surface area contributed by atoms with E-state index in [0.717, 1.165) is 18.2 Å². The monoisotopic (exact) mass is 184 g/mol. The zero-order valence-corrected chi connectivity index (χ0v) is 7.13. The van der Waals surface area contributed by atoms with E-state index in [9.17, 15) is 13.2 Å². The number of allylic oxidation sites excluding steroid dienone is 1. The maximum Gasteiger partial charge on any atom is 0.409 e. The second kappa shape index (κ2) is 5.52. The summed E-state index contributed by atoms with van der Waals surface area (Å²) in [4.78, 5) is 0. The van der Waals surface area contributed by atoms with Gasteiger partial charge in [0.25, 0.3) is 0 Å². The van der Waals surface area contributed by atoms with Gasteiger partial charge in [-0.25, -0.2) is 0 Å². The van der Waals surface area contributed by atoms with Crippen LogP contribution >= 0.6 is 11.8 Å². The molecule has 66 valence electrons. The van der Waals surface area contributed by atoms with Crippen LogP contribution in [0, 0.1) is 0 Å². The first kappa shape index (κ1) is 10.9. The number of hydrogen-bond acceptors (Lipinski definition) is 1. The smallest absolute Gasteiger partial charge is 0.167 e. The standard InChI is InChI=1S/C7H11F3S/c1-2-5-11-6-3-4-7(8,9)10/h3-4H,2,5-6H2,1H3/b4-3+. The average molecular weight is 184 g/mol. The zero-order valence-electron chi connectivity index (χ0n) is 6.32. The largest absolute Gasteiger partial charge is 0.409 e. The molecule has 0 N–H and O–H groups in total. The summed E-state index contributed by atoms with van der Waals surface area (Å²) in [7, 11) is 0. The highest BCUT2D eigenvalue weighted by Crippen LogP contribution is 2.16. The molecule has 0 saturated heterocycles. The molecule has 0 rings (SSSR count). The van der Waals surface area contributed by atoms with Crippen molar-refractivity contribution >= 4 is 11.8 Å². The Bertz CT molecular complexity index is 117. The Labute approximate surface area is 68.9 Å². The van der Waals surface area contributed by atoms with Crippen molar-refractivity contribution in [3.8, 4) is 0 Å². The molecule has 0 amide bonds. The van der Waals surface area contributed by atoms with Crippen molar-refractivity contribution in [2.75, 3.05) is 11.5 Å². The highest BCUT2D eigenvalue weighted by atomic mass is 32.2. The molecule has 0 aliphatic heterocycles. The van der Waals surface area contributed by atoms with Crippen molar-refractivity contribution in [2.45, 2.75) is 19.5 Å². The first-order chi connectivity index (χ1) is 5.06. The molecule has 0 aliphatic carbocycles. The summed E-state index contributed by atoms with van der Waals surface area (Å²) in [5, 5.41) is 0. The average Bonchev–Trinajstić information content (AvgIpc) is 1.85. The van der Waals surface area contributed by atoms with Crippen LogP contribution in [0.5, 0.6) is 0 Å². The van der Waals surface area contributed by atoms with Gasteiger partial charge in [-0.05, 0) is 12.2 Å². The Hall–Kier alpha value is -0.120. The quantitative estimate of drug-likeness (QED) is 0.477.